The fourth-order valence-electron chi connectivity index (χ4n) is 7.14. The second-order valence-electron chi connectivity index (χ2n) is 14.6. The van der Waals surface area contributed by atoms with Crippen LogP contribution in [-0.4, -0.2) is 84.5 Å². The predicted molar refractivity (Wildman–Crippen MR) is 276 cm³/mol. The standard InChI is InChI=1S/C32H16N8.C13H17N5O3S.2C2H6.CH4.Cu.O3S/c1-2-10-18-17(9-1)25-33-26(18)38-28-21-13-5-6-14-22(21)30(35-28)40-32-24-16-8-7-15-23(24)31(36-32)39-29-20-12-4-3-11-19(20)27(34-29)37-25;1-4-11-15-12(17-13(16-11)18(2)3)14-9-6-5-7-10(8-9)22(19,20)21;2*1-2;;;1-4(2)3/h1-16H;5-8H,4H2,1-3H3,(H,19,20,21)(H,14,15,16,17);2*1-2H3;1H4;;/q-2;;;;;+2;. The van der Waals surface area contributed by atoms with E-state index in [9.17, 15) is 8.42 Å². The van der Waals surface area contributed by atoms with Gasteiger partial charge in [0.05, 0.1) is 16.5 Å². The number of aryl methyl sites for hydroxylation is 1. The topological polar surface area (TPSA) is 265 Å². The largest absolute Gasteiger partial charge is 2.00 e. The van der Waals surface area contributed by atoms with E-state index < -0.39 is 20.7 Å². The van der Waals surface area contributed by atoms with E-state index in [1.165, 1.54) is 18.2 Å². The summed E-state index contributed by atoms with van der Waals surface area (Å²) in [6, 6.07) is 37.6. The third-order valence-corrected chi connectivity index (χ3v) is 11.0. The average molecular weight is 1060 g/mol. The van der Waals surface area contributed by atoms with Gasteiger partial charge in [0, 0.05) is 71.0 Å². The van der Waals surface area contributed by atoms with E-state index in [4.69, 9.17) is 57.1 Å². The second-order valence-corrected chi connectivity index (χ2v) is 16.5. The summed E-state index contributed by atoms with van der Waals surface area (Å²) >= 11 is 0. The number of anilines is 3. The fraction of sp³-hybridized carbons (Fsp3) is 0.180. The summed E-state index contributed by atoms with van der Waals surface area (Å²) in [6.45, 7) is 9.93. The van der Waals surface area contributed by atoms with Gasteiger partial charge in [-0.1, -0.05) is 145 Å². The van der Waals surface area contributed by atoms with Gasteiger partial charge in [-0.05, 0) is 39.7 Å². The molecule has 2 N–H and O–H groups in total. The molecule has 72 heavy (non-hydrogen) atoms. The minimum absolute atomic E-state index is 0. The number of aromatic nitrogens is 11. The molecule has 19 nitrogen and oxygen atoms in total. The van der Waals surface area contributed by atoms with E-state index in [0.717, 1.165) is 43.8 Å². The van der Waals surface area contributed by atoms with E-state index >= 15 is 0 Å². The monoisotopic (exact) mass is 1050 g/mol. The molecule has 4 aromatic heterocycles. The fourth-order valence-corrected chi connectivity index (χ4v) is 7.67. The van der Waals surface area contributed by atoms with E-state index in [-0.39, 0.29) is 29.4 Å². The molecule has 0 amide bonds. The van der Waals surface area contributed by atoms with E-state index in [2.05, 4.69) is 20.3 Å². The number of nitrogens with zero attached hydrogens (tertiary/aromatic N) is 12. The Balaban J connectivity index is 0.000000257. The van der Waals surface area contributed by atoms with Crippen molar-refractivity contribution in [2.24, 2.45) is 0 Å². The van der Waals surface area contributed by atoms with Crippen LogP contribution in [0.2, 0.25) is 0 Å². The number of rotatable bonds is 5. The molecule has 1 radical (unpaired) electrons. The normalized spacial score (nSPS) is 10.6. The molecule has 0 atom stereocenters. The van der Waals surface area contributed by atoms with Crippen LogP contribution in [0.5, 0.6) is 0 Å². The molecule has 8 bridgehead atoms. The number of hydrogen-bond donors (Lipinski definition) is 2. The zero-order valence-electron chi connectivity index (χ0n) is 39.2. The first-order valence-corrected chi connectivity index (χ1v) is 24.4. The van der Waals surface area contributed by atoms with Crippen LogP contribution in [0, 0.1) is 0 Å². The van der Waals surface area contributed by atoms with E-state index in [0.29, 0.717) is 75.7 Å². The quantitative estimate of drug-likeness (QED) is 0.120. The molecule has 2 aliphatic rings. The van der Waals surface area contributed by atoms with Crippen molar-refractivity contribution < 1.29 is 42.7 Å². The molecular weight excluding hydrogens is 1010 g/mol. The van der Waals surface area contributed by atoms with Gasteiger partial charge in [-0.15, -0.1) is 12.6 Å². The molecule has 9 aromatic rings. The van der Waals surface area contributed by atoms with Gasteiger partial charge < -0.3 is 35.1 Å². The predicted octanol–water partition coefficient (Wildman–Crippen LogP) is 9.30. The minimum atomic E-state index is -4.25. The van der Waals surface area contributed by atoms with Crippen LogP contribution in [0.4, 0.5) is 17.6 Å². The molecule has 373 valence electrons. The van der Waals surface area contributed by atoms with Gasteiger partial charge in [-0.25, -0.2) is 15.0 Å². The smallest absolute Gasteiger partial charge is 0.357 e. The second kappa shape index (κ2) is 24.3. The van der Waals surface area contributed by atoms with Crippen molar-refractivity contribution in [1.82, 2.24) is 54.8 Å². The van der Waals surface area contributed by atoms with Gasteiger partial charge in [0.25, 0.3) is 10.1 Å². The van der Waals surface area contributed by atoms with Crippen molar-refractivity contribution in [3.05, 3.63) is 127 Å². The third-order valence-electron chi connectivity index (χ3n) is 10.1. The molecule has 0 aliphatic carbocycles. The zero-order chi connectivity index (χ0) is 50.1. The Morgan fingerprint density at radius 1 is 0.542 bits per heavy atom. The van der Waals surface area contributed by atoms with Gasteiger partial charge in [-0.2, -0.15) is 23.4 Å². The van der Waals surface area contributed by atoms with E-state index in [1.807, 2.05) is 146 Å². The first-order chi connectivity index (χ1) is 33.8. The Kier molecular flexibility index (Phi) is 18.6. The van der Waals surface area contributed by atoms with Crippen molar-refractivity contribution in [2.45, 2.75) is 53.4 Å². The Bertz CT molecular complexity index is 3630. The summed E-state index contributed by atoms with van der Waals surface area (Å²) in [5.74, 6) is 3.63. The van der Waals surface area contributed by atoms with Crippen LogP contribution in [0.15, 0.2) is 126 Å². The maximum atomic E-state index is 11.2. The SMILES string of the molecule is C.CC.CC.CCc1nc(Nc2cccc(S(=O)(=O)O)c2)nc(N(C)C)n1.O=S(=O)=O.[Cu+2].c1ccc2c(c1)-c1nc3nc(nc4[n-]c(nc5[n-]c(nc-2n1)c1ccccc51)c1ccccc41)-c1ccccc1-3. The molecule has 0 saturated heterocycles. The van der Waals surface area contributed by atoms with Crippen LogP contribution in [-0.2, 0) is 44.2 Å². The molecule has 0 fully saturated rings. The Labute approximate surface area is 428 Å². The van der Waals surface area contributed by atoms with Gasteiger partial charge in [0.2, 0.25) is 11.9 Å². The summed E-state index contributed by atoms with van der Waals surface area (Å²) in [5, 5.41) is 6.50. The molecular formula is C50H49CuN13O6S2. The number of hydrogen-bond acceptors (Lipinski definition) is 16. The Hall–Kier alpha value is -7.88. The summed E-state index contributed by atoms with van der Waals surface area (Å²) in [6.07, 6.45) is 0.642. The van der Waals surface area contributed by atoms with Gasteiger partial charge in [0.15, 0.2) is 11.6 Å². The van der Waals surface area contributed by atoms with Crippen molar-refractivity contribution in [1.29, 1.82) is 0 Å². The van der Waals surface area contributed by atoms with Crippen LogP contribution in [0.25, 0.3) is 89.7 Å². The van der Waals surface area contributed by atoms with Gasteiger partial charge in [-0.3, -0.25) is 4.55 Å². The van der Waals surface area contributed by atoms with Crippen molar-refractivity contribution in [2.75, 3.05) is 24.3 Å². The summed E-state index contributed by atoms with van der Waals surface area (Å²) in [7, 11) is -3.73. The van der Waals surface area contributed by atoms with Crippen LogP contribution in [0.1, 0.15) is 47.9 Å². The van der Waals surface area contributed by atoms with Gasteiger partial charge >= 0.3 is 27.7 Å². The number of benzene rings is 5. The number of fused-ring (bicyclic) bond motifs is 20. The maximum Gasteiger partial charge on any atom is 2.00 e. The maximum absolute atomic E-state index is 11.2. The summed E-state index contributed by atoms with van der Waals surface area (Å²) in [4.78, 5) is 53.6. The van der Waals surface area contributed by atoms with Crippen LogP contribution in [0.3, 0.4) is 0 Å². The zero-order valence-corrected chi connectivity index (χ0v) is 41.8. The Morgan fingerprint density at radius 3 is 1.29 bits per heavy atom. The molecule has 0 spiro atoms. The van der Waals surface area contributed by atoms with Gasteiger partial charge in [0.1, 0.15) is 5.82 Å². The molecule has 6 heterocycles. The van der Waals surface area contributed by atoms with Crippen LogP contribution < -0.4 is 20.2 Å². The molecule has 0 saturated carbocycles. The molecule has 0 unspecified atom stereocenters. The average Bonchev–Trinajstić information content (AvgIpc) is 4.11. The molecule has 22 heteroatoms. The Morgan fingerprint density at radius 2 is 0.917 bits per heavy atom. The molecule has 2 aliphatic heterocycles. The van der Waals surface area contributed by atoms with Crippen LogP contribution >= 0.6 is 0 Å². The summed E-state index contributed by atoms with van der Waals surface area (Å²) in [5.41, 5.74) is 6.23. The third kappa shape index (κ3) is 12.2. The molecule has 5 aromatic carbocycles. The van der Waals surface area contributed by atoms with Crippen molar-refractivity contribution in [3.8, 4) is 45.6 Å². The number of nitrogens with one attached hydrogen (secondary N) is 1. The minimum Gasteiger partial charge on any atom is -0.357 e. The van der Waals surface area contributed by atoms with Crippen molar-refractivity contribution in [3.63, 3.8) is 0 Å². The molecule has 11 rings (SSSR count). The first kappa shape index (κ1) is 55.1. The van der Waals surface area contributed by atoms with Crippen molar-refractivity contribution >= 4 is 82.4 Å². The first-order valence-electron chi connectivity index (χ1n) is 21.9. The summed E-state index contributed by atoms with van der Waals surface area (Å²) < 4.78 is 56.7. The van der Waals surface area contributed by atoms with E-state index in [1.54, 1.807) is 11.0 Å².